The highest BCUT2D eigenvalue weighted by Crippen LogP contribution is 2.33. The summed E-state index contributed by atoms with van der Waals surface area (Å²) >= 11 is 3.48. The molecule has 0 amide bonds. The molecular formula is C14H19BrN2. The first-order chi connectivity index (χ1) is 8.33. The van der Waals surface area contributed by atoms with Gasteiger partial charge in [-0.25, -0.2) is 0 Å². The molecular weight excluding hydrogens is 276 g/mol. The number of benzene rings is 1. The molecule has 2 atom stereocenters. The Morgan fingerprint density at radius 1 is 1.06 bits per heavy atom. The molecule has 1 saturated carbocycles. The molecule has 17 heavy (non-hydrogen) atoms. The van der Waals surface area contributed by atoms with Crippen molar-refractivity contribution in [3.8, 4) is 0 Å². The maximum absolute atomic E-state index is 3.75. The fourth-order valence-corrected chi connectivity index (χ4v) is 3.54. The second kappa shape index (κ2) is 4.99. The Kier molecular flexibility index (Phi) is 3.39. The van der Waals surface area contributed by atoms with Crippen molar-refractivity contribution in [1.29, 1.82) is 0 Å². The molecule has 3 heteroatoms. The number of hydrogen-bond donors (Lipinski definition) is 2. The average molecular weight is 295 g/mol. The van der Waals surface area contributed by atoms with Gasteiger partial charge in [0, 0.05) is 16.2 Å². The van der Waals surface area contributed by atoms with E-state index < -0.39 is 0 Å². The van der Waals surface area contributed by atoms with Crippen LogP contribution in [0.15, 0.2) is 28.7 Å². The third-order valence-electron chi connectivity index (χ3n) is 4.16. The summed E-state index contributed by atoms with van der Waals surface area (Å²) < 4.78 is 1.15. The number of rotatable bonds is 2. The lowest BCUT2D eigenvalue weighted by Crippen LogP contribution is -2.52. The third kappa shape index (κ3) is 2.50. The molecule has 2 aliphatic rings. The van der Waals surface area contributed by atoms with E-state index in [2.05, 4.69) is 50.8 Å². The van der Waals surface area contributed by atoms with Crippen LogP contribution in [0.5, 0.6) is 0 Å². The van der Waals surface area contributed by atoms with Crippen molar-refractivity contribution in [2.45, 2.75) is 25.3 Å². The molecule has 1 aliphatic carbocycles. The van der Waals surface area contributed by atoms with Crippen molar-refractivity contribution >= 4 is 21.6 Å². The van der Waals surface area contributed by atoms with Crippen LogP contribution < -0.4 is 10.6 Å². The summed E-state index contributed by atoms with van der Waals surface area (Å²) in [5, 5.41) is 7.31. The lowest BCUT2D eigenvalue weighted by Gasteiger charge is -2.43. The zero-order valence-electron chi connectivity index (χ0n) is 9.95. The fourth-order valence-electron chi connectivity index (χ4n) is 3.27. The molecule has 0 radical (unpaired) electrons. The highest BCUT2D eigenvalue weighted by molar-refractivity contribution is 9.10. The second-order valence-corrected chi connectivity index (χ2v) is 6.20. The van der Waals surface area contributed by atoms with Gasteiger partial charge in [-0.3, -0.25) is 0 Å². The van der Waals surface area contributed by atoms with Crippen molar-refractivity contribution in [3.63, 3.8) is 0 Å². The summed E-state index contributed by atoms with van der Waals surface area (Å²) in [5.74, 6) is 1.62. The van der Waals surface area contributed by atoms with Gasteiger partial charge in [-0.15, -0.1) is 0 Å². The van der Waals surface area contributed by atoms with Crippen LogP contribution in [-0.4, -0.2) is 19.1 Å². The van der Waals surface area contributed by atoms with Gasteiger partial charge in [-0.1, -0.05) is 22.4 Å². The van der Waals surface area contributed by atoms with E-state index in [4.69, 9.17) is 0 Å². The minimum absolute atomic E-state index is 0.672. The molecule has 1 heterocycles. The minimum Gasteiger partial charge on any atom is -0.382 e. The first kappa shape index (κ1) is 11.5. The zero-order chi connectivity index (χ0) is 11.7. The average Bonchev–Trinajstić information content (AvgIpc) is 2.32. The van der Waals surface area contributed by atoms with Gasteiger partial charge in [0.25, 0.3) is 0 Å². The summed E-state index contributed by atoms with van der Waals surface area (Å²) in [6, 6.07) is 9.23. The Hall–Kier alpha value is -0.540. The van der Waals surface area contributed by atoms with Crippen molar-refractivity contribution in [2.24, 2.45) is 11.8 Å². The molecule has 1 aromatic carbocycles. The van der Waals surface area contributed by atoms with E-state index in [0.29, 0.717) is 6.04 Å². The molecule has 2 unspecified atom stereocenters. The van der Waals surface area contributed by atoms with Crippen LogP contribution in [0.3, 0.4) is 0 Å². The standard InChI is InChI=1S/C14H19BrN2/c15-12-4-6-13(7-5-12)17-14-10-2-1-3-11(14)9-16-8-10/h4-7,10-11,14,16-17H,1-3,8-9H2. The van der Waals surface area contributed by atoms with E-state index in [1.54, 1.807) is 0 Å². The van der Waals surface area contributed by atoms with Gasteiger partial charge in [0.2, 0.25) is 0 Å². The molecule has 0 spiro atoms. The zero-order valence-corrected chi connectivity index (χ0v) is 11.5. The number of fused-ring (bicyclic) bond motifs is 2. The molecule has 0 aromatic heterocycles. The SMILES string of the molecule is Brc1ccc(NC2C3CCCC2CNC3)cc1. The number of hydrogen-bond acceptors (Lipinski definition) is 2. The Morgan fingerprint density at radius 3 is 2.35 bits per heavy atom. The van der Waals surface area contributed by atoms with Crippen LogP contribution in [0.2, 0.25) is 0 Å². The second-order valence-electron chi connectivity index (χ2n) is 5.29. The van der Waals surface area contributed by atoms with Crippen LogP contribution in [0.1, 0.15) is 19.3 Å². The van der Waals surface area contributed by atoms with E-state index in [1.807, 2.05) is 0 Å². The monoisotopic (exact) mass is 294 g/mol. The van der Waals surface area contributed by atoms with Crippen LogP contribution in [0.4, 0.5) is 5.69 Å². The molecule has 2 nitrogen and oxygen atoms in total. The maximum atomic E-state index is 3.75. The first-order valence-electron chi connectivity index (χ1n) is 6.56. The van der Waals surface area contributed by atoms with Crippen LogP contribution in [0, 0.1) is 11.8 Å². The number of piperidine rings is 1. The van der Waals surface area contributed by atoms with E-state index >= 15 is 0 Å². The van der Waals surface area contributed by atoms with Gasteiger partial charge < -0.3 is 10.6 Å². The first-order valence-corrected chi connectivity index (χ1v) is 7.35. The predicted molar refractivity (Wildman–Crippen MR) is 75.3 cm³/mol. The summed E-state index contributed by atoms with van der Waals surface area (Å²) in [7, 11) is 0. The molecule has 2 fully saturated rings. The van der Waals surface area contributed by atoms with Crippen LogP contribution in [0.25, 0.3) is 0 Å². The molecule has 2 N–H and O–H groups in total. The van der Waals surface area contributed by atoms with Gasteiger partial charge in [0.15, 0.2) is 0 Å². The Labute approximate surface area is 111 Å². The van der Waals surface area contributed by atoms with E-state index in [-0.39, 0.29) is 0 Å². The molecule has 1 saturated heterocycles. The molecule has 92 valence electrons. The van der Waals surface area contributed by atoms with Gasteiger partial charge in [0.1, 0.15) is 0 Å². The smallest absolute Gasteiger partial charge is 0.0343 e. The van der Waals surface area contributed by atoms with Crippen molar-refractivity contribution in [2.75, 3.05) is 18.4 Å². The lowest BCUT2D eigenvalue weighted by molar-refractivity contribution is 0.183. The topological polar surface area (TPSA) is 24.1 Å². The van der Waals surface area contributed by atoms with Crippen molar-refractivity contribution < 1.29 is 0 Å². The summed E-state index contributed by atoms with van der Waals surface area (Å²) in [5.41, 5.74) is 1.26. The Balaban J connectivity index is 1.73. The molecule has 1 aromatic rings. The van der Waals surface area contributed by atoms with Gasteiger partial charge >= 0.3 is 0 Å². The highest BCUT2D eigenvalue weighted by atomic mass is 79.9. The van der Waals surface area contributed by atoms with Crippen LogP contribution >= 0.6 is 15.9 Å². The van der Waals surface area contributed by atoms with Gasteiger partial charge in [0.05, 0.1) is 0 Å². The van der Waals surface area contributed by atoms with E-state index in [1.165, 1.54) is 38.0 Å². The maximum Gasteiger partial charge on any atom is 0.0343 e. The predicted octanol–water partition coefficient (Wildman–Crippen LogP) is 3.25. The molecule has 2 bridgehead atoms. The van der Waals surface area contributed by atoms with Crippen molar-refractivity contribution in [3.05, 3.63) is 28.7 Å². The molecule has 3 rings (SSSR count). The summed E-state index contributed by atoms with van der Waals surface area (Å²) in [6.45, 7) is 2.37. The summed E-state index contributed by atoms with van der Waals surface area (Å²) in [6.07, 6.45) is 4.16. The molecule has 1 aliphatic heterocycles. The van der Waals surface area contributed by atoms with Crippen LogP contribution in [-0.2, 0) is 0 Å². The third-order valence-corrected chi connectivity index (χ3v) is 4.68. The normalized spacial score (nSPS) is 32.2. The largest absolute Gasteiger partial charge is 0.382 e. The number of halogens is 1. The van der Waals surface area contributed by atoms with Crippen molar-refractivity contribution in [1.82, 2.24) is 5.32 Å². The quantitative estimate of drug-likeness (QED) is 0.875. The number of nitrogens with one attached hydrogen (secondary N) is 2. The summed E-state index contributed by atoms with van der Waals surface area (Å²) in [4.78, 5) is 0. The Morgan fingerprint density at radius 2 is 1.71 bits per heavy atom. The highest BCUT2D eigenvalue weighted by Gasteiger charge is 2.35. The van der Waals surface area contributed by atoms with Gasteiger partial charge in [-0.05, 0) is 62.0 Å². The Bertz CT molecular complexity index is 354. The van der Waals surface area contributed by atoms with E-state index in [9.17, 15) is 0 Å². The van der Waals surface area contributed by atoms with Gasteiger partial charge in [-0.2, -0.15) is 0 Å². The van der Waals surface area contributed by atoms with E-state index in [0.717, 1.165) is 16.3 Å². The fraction of sp³-hybridized carbons (Fsp3) is 0.571. The minimum atomic E-state index is 0.672. The lowest BCUT2D eigenvalue weighted by atomic mass is 9.74. The number of anilines is 1.